The van der Waals surface area contributed by atoms with Crippen molar-refractivity contribution in [1.82, 2.24) is 5.32 Å². The Morgan fingerprint density at radius 2 is 1.73 bits per heavy atom. The molecule has 0 radical (unpaired) electrons. The summed E-state index contributed by atoms with van der Waals surface area (Å²) in [5.74, 6) is 0.811. The van der Waals surface area contributed by atoms with Gasteiger partial charge >= 0.3 is 0 Å². The molecule has 0 spiro atoms. The molecule has 0 saturated heterocycles. The predicted molar refractivity (Wildman–Crippen MR) is 125 cm³/mol. The minimum absolute atomic E-state index is 0.0679. The largest absolute Gasteiger partial charge is 0.494 e. The molecule has 160 valence electrons. The van der Waals surface area contributed by atoms with Crippen LogP contribution in [0.3, 0.4) is 0 Å². The van der Waals surface area contributed by atoms with E-state index in [0.29, 0.717) is 41.6 Å². The van der Waals surface area contributed by atoms with Crippen molar-refractivity contribution in [3.63, 3.8) is 0 Å². The van der Waals surface area contributed by atoms with Crippen LogP contribution in [0.4, 0.5) is 11.4 Å². The molecular weight excluding hydrogens is 398 g/mol. The van der Waals surface area contributed by atoms with Gasteiger partial charge in [0.25, 0.3) is 5.91 Å². The maximum absolute atomic E-state index is 12.6. The Morgan fingerprint density at radius 3 is 2.40 bits per heavy atom. The first-order valence-corrected chi connectivity index (χ1v) is 10.5. The first kappa shape index (κ1) is 23.3. The van der Waals surface area contributed by atoms with Crippen molar-refractivity contribution in [3.05, 3.63) is 53.6 Å². The quantitative estimate of drug-likeness (QED) is 0.523. The topological polar surface area (TPSA) is 79.5 Å². The SMILES string of the molecule is CCC(=O)Nc1cccc(NC(=S)NC(=O)c2cccc(OCCC(C)C)c2)c1C. The number of carbonyl (C=O) groups is 2. The minimum Gasteiger partial charge on any atom is -0.494 e. The van der Waals surface area contributed by atoms with E-state index in [1.54, 1.807) is 25.1 Å². The van der Waals surface area contributed by atoms with Crippen molar-refractivity contribution >= 4 is 40.5 Å². The zero-order valence-corrected chi connectivity index (χ0v) is 18.7. The second kappa shape index (κ2) is 11.3. The molecule has 30 heavy (non-hydrogen) atoms. The highest BCUT2D eigenvalue weighted by Crippen LogP contribution is 2.23. The molecule has 7 heteroatoms. The Bertz CT molecular complexity index is 912. The van der Waals surface area contributed by atoms with Gasteiger partial charge in [-0.25, -0.2) is 0 Å². The molecule has 0 aliphatic carbocycles. The van der Waals surface area contributed by atoms with Crippen molar-refractivity contribution in [3.8, 4) is 5.75 Å². The fourth-order valence-electron chi connectivity index (χ4n) is 2.61. The third-order valence-corrected chi connectivity index (χ3v) is 4.67. The van der Waals surface area contributed by atoms with E-state index in [9.17, 15) is 9.59 Å². The molecule has 0 bridgehead atoms. The number of thiocarbonyl (C=S) groups is 1. The van der Waals surface area contributed by atoms with E-state index < -0.39 is 0 Å². The summed E-state index contributed by atoms with van der Waals surface area (Å²) >= 11 is 5.30. The summed E-state index contributed by atoms with van der Waals surface area (Å²) in [7, 11) is 0. The number of rotatable bonds is 8. The molecule has 2 rings (SSSR count). The maximum Gasteiger partial charge on any atom is 0.257 e. The molecule has 2 amide bonds. The van der Waals surface area contributed by atoms with E-state index >= 15 is 0 Å². The third-order valence-electron chi connectivity index (χ3n) is 4.46. The normalized spacial score (nSPS) is 10.4. The lowest BCUT2D eigenvalue weighted by atomic mass is 10.1. The summed E-state index contributed by atoms with van der Waals surface area (Å²) in [6.07, 6.45) is 1.34. The Morgan fingerprint density at radius 1 is 1.07 bits per heavy atom. The average Bonchev–Trinajstić information content (AvgIpc) is 2.70. The summed E-state index contributed by atoms with van der Waals surface area (Å²) < 4.78 is 5.72. The van der Waals surface area contributed by atoms with Crippen LogP contribution in [-0.4, -0.2) is 23.5 Å². The minimum atomic E-state index is -0.324. The average molecular weight is 428 g/mol. The van der Waals surface area contributed by atoms with Crippen LogP contribution in [0.2, 0.25) is 0 Å². The van der Waals surface area contributed by atoms with Gasteiger partial charge in [-0.2, -0.15) is 0 Å². The molecule has 0 atom stereocenters. The highest BCUT2D eigenvalue weighted by Gasteiger charge is 2.12. The lowest BCUT2D eigenvalue weighted by molar-refractivity contribution is -0.115. The molecule has 0 unspecified atom stereocenters. The molecule has 0 aliphatic rings. The predicted octanol–water partition coefficient (Wildman–Crippen LogP) is 4.90. The number of carbonyl (C=O) groups excluding carboxylic acids is 2. The third kappa shape index (κ3) is 7.15. The summed E-state index contributed by atoms with van der Waals surface area (Å²) in [5, 5.41) is 8.72. The van der Waals surface area contributed by atoms with Crippen LogP contribution in [0.5, 0.6) is 5.75 Å². The van der Waals surface area contributed by atoms with Gasteiger partial charge in [0.15, 0.2) is 5.11 Å². The first-order chi connectivity index (χ1) is 14.3. The van der Waals surface area contributed by atoms with E-state index in [1.807, 2.05) is 31.2 Å². The molecule has 6 nitrogen and oxygen atoms in total. The Labute approximate surface area is 183 Å². The smallest absolute Gasteiger partial charge is 0.257 e. The molecule has 0 aromatic heterocycles. The fourth-order valence-corrected chi connectivity index (χ4v) is 2.82. The van der Waals surface area contributed by atoms with E-state index in [-0.39, 0.29) is 16.9 Å². The number of amides is 2. The molecule has 0 aliphatic heterocycles. The molecular formula is C23H29N3O3S. The monoisotopic (exact) mass is 427 g/mol. The number of hydrogen-bond acceptors (Lipinski definition) is 4. The lowest BCUT2D eigenvalue weighted by Gasteiger charge is -2.15. The van der Waals surface area contributed by atoms with E-state index in [4.69, 9.17) is 17.0 Å². The van der Waals surface area contributed by atoms with Crippen LogP contribution < -0.4 is 20.7 Å². The van der Waals surface area contributed by atoms with Gasteiger partial charge in [-0.3, -0.25) is 14.9 Å². The van der Waals surface area contributed by atoms with Gasteiger partial charge in [0, 0.05) is 23.4 Å². The van der Waals surface area contributed by atoms with Gasteiger partial charge in [-0.1, -0.05) is 32.9 Å². The molecule has 2 aromatic carbocycles. The number of ether oxygens (including phenoxy) is 1. The van der Waals surface area contributed by atoms with Crippen LogP contribution >= 0.6 is 12.2 Å². The summed E-state index contributed by atoms with van der Waals surface area (Å²) in [5.41, 5.74) is 2.70. The Balaban J connectivity index is 1.99. The van der Waals surface area contributed by atoms with E-state index in [1.165, 1.54) is 0 Å². The van der Waals surface area contributed by atoms with E-state index in [0.717, 1.165) is 12.0 Å². The highest BCUT2D eigenvalue weighted by molar-refractivity contribution is 7.80. The fraction of sp³-hybridized carbons (Fsp3) is 0.348. The summed E-state index contributed by atoms with van der Waals surface area (Å²) in [6, 6.07) is 12.5. The zero-order valence-electron chi connectivity index (χ0n) is 17.9. The van der Waals surface area contributed by atoms with Gasteiger partial charge in [-0.15, -0.1) is 0 Å². The van der Waals surface area contributed by atoms with Crippen LogP contribution in [-0.2, 0) is 4.79 Å². The highest BCUT2D eigenvalue weighted by atomic mass is 32.1. The number of hydrogen-bond donors (Lipinski definition) is 3. The van der Waals surface area contributed by atoms with Crippen LogP contribution in [0.25, 0.3) is 0 Å². The zero-order chi connectivity index (χ0) is 22.1. The Hall–Kier alpha value is -2.93. The summed E-state index contributed by atoms with van der Waals surface area (Å²) in [6.45, 7) is 8.54. The maximum atomic E-state index is 12.6. The number of nitrogens with one attached hydrogen (secondary N) is 3. The molecule has 2 aromatic rings. The van der Waals surface area contributed by atoms with Gasteiger partial charge in [0.1, 0.15) is 5.75 Å². The second-order valence-corrected chi connectivity index (χ2v) is 7.76. The van der Waals surface area contributed by atoms with Crippen molar-refractivity contribution in [2.75, 3.05) is 17.2 Å². The van der Waals surface area contributed by atoms with Crippen LogP contribution in [0.1, 0.15) is 49.5 Å². The van der Waals surface area contributed by atoms with Crippen LogP contribution in [0, 0.1) is 12.8 Å². The number of anilines is 2. The van der Waals surface area contributed by atoms with Crippen molar-refractivity contribution < 1.29 is 14.3 Å². The molecule has 0 fully saturated rings. The van der Waals surface area contributed by atoms with Gasteiger partial charge in [0.05, 0.1) is 6.61 Å². The molecule has 3 N–H and O–H groups in total. The van der Waals surface area contributed by atoms with Crippen molar-refractivity contribution in [2.45, 2.75) is 40.5 Å². The second-order valence-electron chi connectivity index (χ2n) is 7.35. The summed E-state index contributed by atoms with van der Waals surface area (Å²) in [4.78, 5) is 24.2. The molecule has 0 saturated carbocycles. The van der Waals surface area contributed by atoms with Crippen LogP contribution in [0.15, 0.2) is 42.5 Å². The van der Waals surface area contributed by atoms with E-state index in [2.05, 4.69) is 29.8 Å². The van der Waals surface area contributed by atoms with Gasteiger partial charge in [-0.05, 0) is 67.4 Å². The number of benzene rings is 2. The Kier molecular flexibility index (Phi) is 8.80. The van der Waals surface area contributed by atoms with Gasteiger partial charge < -0.3 is 15.4 Å². The first-order valence-electron chi connectivity index (χ1n) is 10.0. The standard InChI is InChI=1S/C23H29N3O3S/c1-5-21(27)24-19-10-7-11-20(16(19)4)25-23(30)26-22(28)17-8-6-9-18(14-17)29-13-12-15(2)3/h6-11,14-15H,5,12-13H2,1-4H3,(H,24,27)(H2,25,26,28,30). The van der Waals surface area contributed by atoms with Crippen molar-refractivity contribution in [1.29, 1.82) is 0 Å². The lowest BCUT2D eigenvalue weighted by Crippen LogP contribution is -2.34. The molecule has 0 heterocycles. The van der Waals surface area contributed by atoms with Crippen molar-refractivity contribution in [2.24, 2.45) is 5.92 Å². The van der Waals surface area contributed by atoms with Gasteiger partial charge in [0.2, 0.25) is 5.91 Å².